The molecule has 3 heteroatoms. The fraction of sp³-hybridized carbons (Fsp3) is 0.400. The molecule has 0 aliphatic heterocycles. The van der Waals surface area contributed by atoms with Gasteiger partial charge in [0.15, 0.2) is 0 Å². The highest BCUT2D eigenvalue weighted by molar-refractivity contribution is 6.12. The Morgan fingerprint density at radius 2 is 1.94 bits per heavy atom. The molecule has 0 heterocycles. The molecule has 0 spiro atoms. The summed E-state index contributed by atoms with van der Waals surface area (Å²) >= 11 is 0. The smallest absolute Gasteiger partial charge is 0.118 e. The van der Waals surface area contributed by atoms with Crippen LogP contribution in [0.15, 0.2) is 41.1 Å². The molecule has 2 rings (SSSR count). The quantitative estimate of drug-likeness (QED) is 0.500. The average Bonchev–Trinajstić information content (AvgIpc) is 2.70. The zero-order valence-corrected chi connectivity index (χ0v) is 10.7. The van der Waals surface area contributed by atoms with Gasteiger partial charge in [0.05, 0.1) is 7.11 Å². The van der Waals surface area contributed by atoms with Crippen molar-refractivity contribution < 1.29 is 9.94 Å². The second kappa shape index (κ2) is 6.24. The molecule has 0 amide bonds. The van der Waals surface area contributed by atoms with Gasteiger partial charge >= 0.3 is 0 Å². The van der Waals surface area contributed by atoms with Crippen LogP contribution in [0, 0.1) is 0 Å². The minimum atomic E-state index is 0.694. The van der Waals surface area contributed by atoms with Crippen LogP contribution in [-0.4, -0.2) is 18.0 Å². The molecule has 0 bridgehead atoms. The van der Waals surface area contributed by atoms with E-state index in [0.717, 1.165) is 29.7 Å². The highest BCUT2D eigenvalue weighted by atomic mass is 16.5. The van der Waals surface area contributed by atoms with E-state index in [4.69, 9.17) is 4.74 Å². The molecule has 18 heavy (non-hydrogen) atoms. The van der Waals surface area contributed by atoms with Gasteiger partial charge in [-0.15, -0.1) is 0 Å². The third-order valence-electron chi connectivity index (χ3n) is 3.31. The number of nitrogens with zero attached hydrogens (tertiary/aromatic N) is 1. The number of hydrogen-bond donors (Lipinski definition) is 1. The van der Waals surface area contributed by atoms with Crippen molar-refractivity contribution in [2.45, 2.75) is 32.1 Å². The van der Waals surface area contributed by atoms with E-state index in [1.165, 1.54) is 19.3 Å². The Balaban J connectivity index is 2.24. The third kappa shape index (κ3) is 2.92. The lowest BCUT2D eigenvalue weighted by Crippen LogP contribution is -2.05. The number of rotatable bonds is 3. The van der Waals surface area contributed by atoms with Crippen molar-refractivity contribution in [3.05, 3.63) is 41.5 Å². The maximum absolute atomic E-state index is 9.27. The Bertz CT molecular complexity index is 446. The van der Waals surface area contributed by atoms with Crippen molar-refractivity contribution in [1.82, 2.24) is 0 Å². The Morgan fingerprint density at radius 1 is 1.17 bits per heavy atom. The molecule has 0 radical (unpaired) electrons. The van der Waals surface area contributed by atoms with Crippen LogP contribution in [0.2, 0.25) is 0 Å². The van der Waals surface area contributed by atoms with Crippen molar-refractivity contribution in [1.29, 1.82) is 0 Å². The van der Waals surface area contributed by atoms with E-state index < -0.39 is 0 Å². The summed E-state index contributed by atoms with van der Waals surface area (Å²) in [7, 11) is 1.64. The minimum Gasteiger partial charge on any atom is -0.497 e. The summed E-state index contributed by atoms with van der Waals surface area (Å²) in [4.78, 5) is 0. The summed E-state index contributed by atoms with van der Waals surface area (Å²) in [6.07, 6.45) is 7.91. The summed E-state index contributed by atoms with van der Waals surface area (Å²) in [5.41, 5.74) is 2.78. The normalized spacial score (nSPS) is 16.9. The predicted molar refractivity (Wildman–Crippen MR) is 72.5 cm³/mol. The van der Waals surface area contributed by atoms with Crippen molar-refractivity contribution in [2.75, 3.05) is 7.11 Å². The zero-order chi connectivity index (χ0) is 12.8. The fourth-order valence-electron chi connectivity index (χ4n) is 2.29. The summed E-state index contributed by atoms with van der Waals surface area (Å²) in [5, 5.41) is 12.8. The highest BCUT2D eigenvalue weighted by Crippen LogP contribution is 2.22. The maximum atomic E-state index is 9.27. The lowest BCUT2D eigenvalue weighted by Gasteiger charge is -2.09. The lowest BCUT2D eigenvalue weighted by molar-refractivity contribution is 0.319. The highest BCUT2D eigenvalue weighted by Gasteiger charge is 2.12. The summed E-state index contributed by atoms with van der Waals surface area (Å²) in [6, 6.07) is 7.63. The van der Waals surface area contributed by atoms with Crippen LogP contribution in [0.4, 0.5) is 0 Å². The molecular formula is C15H19NO2. The number of hydrogen-bond acceptors (Lipinski definition) is 3. The van der Waals surface area contributed by atoms with Gasteiger partial charge in [0.1, 0.15) is 11.5 Å². The molecule has 1 aromatic carbocycles. The van der Waals surface area contributed by atoms with Crippen LogP contribution in [0.3, 0.4) is 0 Å². The van der Waals surface area contributed by atoms with E-state index >= 15 is 0 Å². The van der Waals surface area contributed by atoms with Crippen molar-refractivity contribution in [2.24, 2.45) is 5.16 Å². The van der Waals surface area contributed by atoms with E-state index in [1.807, 2.05) is 24.3 Å². The van der Waals surface area contributed by atoms with E-state index in [2.05, 4.69) is 11.2 Å². The Hall–Kier alpha value is -1.77. The van der Waals surface area contributed by atoms with Gasteiger partial charge in [0.25, 0.3) is 0 Å². The van der Waals surface area contributed by atoms with E-state index in [-0.39, 0.29) is 0 Å². The summed E-state index contributed by atoms with van der Waals surface area (Å²) in [6.45, 7) is 0. The predicted octanol–water partition coefficient (Wildman–Crippen LogP) is 3.76. The van der Waals surface area contributed by atoms with Crippen LogP contribution in [0.5, 0.6) is 5.75 Å². The van der Waals surface area contributed by atoms with Gasteiger partial charge in [-0.2, -0.15) is 0 Å². The first kappa shape index (κ1) is 12.7. The van der Waals surface area contributed by atoms with Crippen molar-refractivity contribution in [3.63, 3.8) is 0 Å². The van der Waals surface area contributed by atoms with Crippen LogP contribution in [-0.2, 0) is 0 Å². The Morgan fingerprint density at radius 3 is 2.61 bits per heavy atom. The number of benzene rings is 1. The molecule has 1 aromatic rings. The number of methoxy groups -OCH3 is 1. The first-order chi connectivity index (χ1) is 8.85. The van der Waals surface area contributed by atoms with Crippen LogP contribution >= 0.6 is 0 Å². The molecule has 1 aliphatic rings. The lowest BCUT2D eigenvalue weighted by atomic mass is 9.98. The van der Waals surface area contributed by atoms with Gasteiger partial charge < -0.3 is 9.94 Å². The third-order valence-corrected chi connectivity index (χ3v) is 3.31. The monoisotopic (exact) mass is 245 g/mol. The van der Waals surface area contributed by atoms with Gasteiger partial charge in [-0.25, -0.2) is 0 Å². The van der Waals surface area contributed by atoms with Crippen molar-refractivity contribution in [3.8, 4) is 5.75 Å². The minimum absolute atomic E-state index is 0.694. The van der Waals surface area contributed by atoms with E-state index in [9.17, 15) is 5.21 Å². The molecule has 0 saturated heterocycles. The number of ether oxygens (including phenoxy) is 1. The maximum Gasteiger partial charge on any atom is 0.118 e. The molecule has 3 nitrogen and oxygen atoms in total. The molecule has 1 aliphatic carbocycles. The van der Waals surface area contributed by atoms with Gasteiger partial charge in [-0.1, -0.05) is 17.7 Å². The van der Waals surface area contributed by atoms with Gasteiger partial charge in [-0.3, -0.25) is 0 Å². The first-order valence-corrected chi connectivity index (χ1v) is 6.41. The van der Waals surface area contributed by atoms with E-state index in [1.54, 1.807) is 7.11 Å². The van der Waals surface area contributed by atoms with Gasteiger partial charge in [0, 0.05) is 5.56 Å². The Labute approximate surface area is 108 Å². The second-order valence-electron chi connectivity index (χ2n) is 4.51. The van der Waals surface area contributed by atoms with Gasteiger partial charge in [0.2, 0.25) is 0 Å². The topological polar surface area (TPSA) is 41.8 Å². The molecule has 0 unspecified atom stereocenters. The molecule has 96 valence electrons. The summed E-state index contributed by atoms with van der Waals surface area (Å²) in [5.74, 6) is 0.811. The molecule has 0 atom stereocenters. The number of allylic oxidation sites excluding steroid dienone is 2. The van der Waals surface area contributed by atoms with Crippen molar-refractivity contribution >= 4 is 5.71 Å². The average molecular weight is 245 g/mol. The van der Waals surface area contributed by atoms with E-state index in [0.29, 0.717) is 5.71 Å². The largest absolute Gasteiger partial charge is 0.497 e. The molecule has 0 aromatic heterocycles. The first-order valence-electron chi connectivity index (χ1n) is 6.41. The zero-order valence-electron chi connectivity index (χ0n) is 10.7. The molecular weight excluding hydrogens is 226 g/mol. The molecule has 0 fully saturated rings. The standard InChI is InChI=1S/C15H19NO2/c1-18-14-10-8-13(9-11-14)15(16-17)12-6-4-2-3-5-7-12/h6,8-11,17H,2-5,7H2,1H3. The molecule has 1 N–H and O–H groups in total. The second-order valence-corrected chi connectivity index (χ2v) is 4.51. The van der Waals surface area contributed by atoms with Crippen LogP contribution < -0.4 is 4.74 Å². The fourth-order valence-corrected chi connectivity index (χ4v) is 2.29. The summed E-state index contributed by atoms with van der Waals surface area (Å²) < 4.78 is 5.13. The molecule has 0 saturated carbocycles. The van der Waals surface area contributed by atoms with Gasteiger partial charge in [-0.05, 0) is 55.5 Å². The van der Waals surface area contributed by atoms with Crippen LogP contribution in [0.25, 0.3) is 0 Å². The number of oxime groups is 1. The Kier molecular flexibility index (Phi) is 4.40. The SMILES string of the molecule is COc1ccc(C(=NO)C2=CCCCCC2)cc1. The van der Waals surface area contributed by atoms with Crippen LogP contribution in [0.1, 0.15) is 37.7 Å².